The van der Waals surface area contributed by atoms with Crippen LogP contribution in [0.3, 0.4) is 0 Å². The molecule has 1 aromatic heterocycles. The lowest BCUT2D eigenvalue weighted by molar-refractivity contribution is 0.0463. The van der Waals surface area contributed by atoms with E-state index >= 15 is 0 Å². The summed E-state index contributed by atoms with van der Waals surface area (Å²) in [6.07, 6.45) is 5.23. The van der Waals surface area contributed by atoms with Gasteiger partial charge < -0.3 is 5.11 Å². The molecule has 1 aliphatic heterocycles. The van der Waals surface area contributed by atoms with Crippen molar-refractivity contribution in [3.63, 3.8) is 0 Å². The van der Waals surface area contributed by atoms with Crippen LogP contribution in [0.4, 0.5) is 4.39 Å². The van der Waals surface area contributed by atoms with Gasteiger partial charge in [0.25, 0.3) is 5.91 Å². The Morgan fingerprint density at radius 2 is 1.86 bits per heavy atom. The standard InChI is InChI=1S/C26H25Cl2FN4O2/c27-18-6-9-23(22(28)15-18)33-25-17(14-16-4-7-19(29)8-5-16)2-1-3-21(25)24(30-33)26(35)31-32-12-10-20(34)11-13-32/h4-9,14-15,20,34H,1-3,10-13H2,(H,31,35). The Bertz CT molecular complexity index is 1280. The van der Waals surface area contributed by atoms with E-state index in [1.54, 1.807) is 35.0 Å². The lowest BCUT2D eigenvalue weighted by atomic mass is 9.89. The van der Waals surface area contributed by atoms with E-state index in [2.05, 4.69) is 5.43 Å². The predicted octanol–water partition coefficient (Wildman–Crippen LogP) is 5.30. The van der Waals surface area contributed by atoms with Crippen molar-refractivity contribution in [2.45, 2.75) is 38.2 Å². The van der Waals surface area contributed by atoms with Crippen LogP contribution in [0.2, 0.25) is 10.0 Å². The van der Waals surface area contributed by atoms with Crippen LogP contribution in [0.1, 0.15) is 53.0 Å². The first-order chi connectivity index (χ1) is 16.9. The zero-order valence-corrected chi connectivity index (χ0v) is 20.5. The number of carbonyl (C=O) groups excluding carboxylic acids is 1. The number of aromatic nitrogens is 2. The third-order valence-electron chi connectivity index (χ3n) is 6.45. The highest BCUT2D eigenvalue weighted by Gasteiger charge is 2.30. The fourth-order valence-electron chi connectivity index (χ4n) is 4.68. The molecule has 0 spiro atoms. The smallest absolute Gasteiger partial charge is 0.286 e. The van der Waals surface area contributed by atoms with Gasteiger partial charge in [-0.2, -0.15) is 5.10 Å². The van der Waals surface area contributed by atoms with Crippen LogP contribution in [0.5, 0.6) is 0 Å². The third-order valence-corrected chi connectivity index (χ3v) is 6.99. The zero-order chi connectivity index (χ0) is 24.5. The van der Waals surface area contributed by atoms with Crippen molar-refractivity contribution in [3.05, 3.63) is 80.8 Å². The number of hydrogen-bond acceptors (Lipinski definition) is 4. The van der Waals surface area contributed by atoms with Crippen LogP contribution in [0.15, 0.2) is 42.5 Å². The van der Waals surface area contributed by atoms with Crippen molar-refractivity contribution in [2.75, 3.05) is 13.1 Å². The Hall–Kier alpha value is -2.71. The molecule has 5 rings (SSSR count). The monoisotopic (exact) mass is 514 g/mol. The summed E-state index contributed by atoms with van der Waals surface area (Å²) in [6, 6.07) is 11.5. The number of nitrogens with one attached hydrogen (secondary N) is 1. The van der Waals surface area contributed by atoms with Gasteiger partial charge in [0.05, 0.1) is 22.5 Å². The SMILES string of the molecule is O=C(NN1CCC(O)CC1)c1nn(-c2ccc(Cl)cc2Cl)c2c1CCCC2=Cc1ccc(F)cc1. The molecular weight excluding hydrogens is 490 g/mol. The number of hydrogen-bond donors (Lipinski definition) is 2. The quantitative estimate of drug-likeness (QED) is 0.495. The van der Waals surface area contributed by atoms with E-state index in [1.807, 2.05) is 11.1 Å². The molecule has 1 saturated heterocycles. The van der Waals surface area contributed by atoms with Crippen LogP contribution in [-0.4, -0.2) is 45.0 Å². The summed E-state index contributed by atoms with van der Waals surface area (Å²) < 4.78 is 15.2. The van der Waals surface area contributed by atoms with E-state index < -0.39 is 0 Å². The predicted molar refractivity (Wildman–Crippen MR) is 135 cm³/mol. The number of nitrogens with zero attached hydrogens (tertiary/aromatic N) is 3. The molecule has 2 N–H and O–H groups in total. The Balaban J connectivity index is 1.58. The maximum atomic E-state index is 13.5. The van der Waals surface area contributed by atoms with Crippen molar-refractivity contribution < 1.29 is 14.3 Å². The van der Waals surface area contributed by atoms with Crippen molar-refractivity contribution in [2.24, 2.45) is 0 Å². The lowest BCUT2D eigenvalue weighted by Crippen LogP contribution is -2.47. The van der Waals surface area contributed by atoms with E-state index in [9.17, 15) is 14.3 Å². The Labute approximate surface area is 212 Å². The van der Waals surface area contributed by atoms with E-state index in [-0.39, 0.29) is 17.8 Å². The van der Waals surface area contributed by atoms with E-state index in [0.29, 0.717) is 53.8 Å². The molecule has 2 aliphatic rings. The summed E-state index contributed by atoms with van der Waals surface area (Å²) in [6.45, 7) is 1.16. The number of halogens is 3. The fourth-order valence-corrected chi connectivity index (χ4v) is 5.16. The van der Waals surface area contributed by atoms with Crippen molar-refractivity contribution in [3.8, 4) is 5.69 Å². The molecule has 182 valence electrons. The van der Waals surface area contributed by atoms with Gasteiger partial charge in [0.15, 0.2) is 5.69 Å². The first-order valence-electron chi connectivity index (χ1n) is 11.7. The molecule has 1 aliphatic carbocycles. The van der Waals surface area contributed by atoms with Crippen molar-refractivity contribution >= 4 is 40.8 Å². The number of fused-ring (bicyclic) bond motifs is 1. The number of carbonyl (C=O) groups is 1. The summed E-state index contributed by atoms with van der Waals surface area (Å²) in [7, 11) is 0. The molecule has 9 heteroatoms. The Morgan fingerprint density at radius 1 is 1.11 bits per heavy atom. The zero-order valence-electron chi connectivity index (χ0n) is 19.0. The minimum atomic E-state index is -0.332. The Kier molecular flexibility index (Phi) is 6.93. The number of piperidine rings is 1. The first kappa shape index (κ1) is 24.0. The molecule has 0 saturated carbocycles. The summed E-state index contributed by atoms with van der Waals surface area (Å²) in [5.41, 5.74) is 7.47. The van der Waals surface area contributed by atoms with Crippen LogP contribution in [0, 0.1) is 5.82 Å². The second-order valence-electron chi connectivity index (χ2n) is 8.92. The van der Waals surface area contributed by atoms with E-state index in [0.717, 1.165) is 35.2 Å². The second-order valence-corrected chi connectivity index (χ2v) is 9.76. The maximum Gasteiger partial charge on any atom is 0.286 e. The molecule has 6 nitrogen and oxygen atoms in total. The van der Waals surface area contributed by atoms with Gasteiger partial charge in [-0.15, -0.1) is 0 Å². The number of allylic oxidation sites excluding steroid dienone is 1. The highest BCUT2D eigenvalue weighted by Crippen LogP contribution is 2.37. The molecule has 3 aromatic rings. The number of hydrazine groups is 1. The number of aliphatic hydroxyl groups is 1. The van der Waals surface area contributed by atoms with E-state index in [1.165, 1.54) is 12.1 Å². The van der Waals surface area contributed by atoms with Gasteiger partial charge in [-0.1, -0.05) is 35.3 Å². The highest BCUT2D eigenvalue weighted by molar-refractivity contribution is 6.35. The minimum absolute atomic E-state index is 0.287. The number of amides is 1. The summed E-state index contributed by atoms with van der Waals surface area (Å²) in [5.74, 6) is -0.580. The summed E-state index contributed by atoms with van der Waals surface area (Å²) in [4.78, 5) is 13.3. The van der Waals surface area contributed by atoms with Crippen LogP contribution in [0.25, 0.3) is 17.3 Å². The number of aliphatic hydroxyl groups excluding tert-OH is 1. The van der Waals surface area contributed by atoms with Crippen LogP contribution < -0.4 is 5.43 Å². The highest BCUT2D eigenvalue weighted by atomic mass is 35.5. The molecule has 1 fully saturated rings. The molecule has 1 amide bonds. The first-order valence-corrected chi connectivity index (χ1v) is 12.4. The molecule has 2 heterocycles. The average molecular weight is 515 g/mol. The van der Waals surface area contributed by atoms with Crippen LogP contribution in [-0.2, 0) is 6.42 Å². The average Bonchev–Trinajstić information content (AvgIpc) is 3.23. The fraction of sp³-hybridized carbons (Fsp3) is 0.308. The largest absolute Gasteiger partial charge is 0.393 e. The van der Waals surface area contributed by atoms with Gasteiger partial charge in [-0.25, -0.2) is 14.1 Å². The topological polar surface area (TPSA) is 70.4 Å². The molecule has 0 atom stereocenters. The normalized spacial score (nSPS) is 18.0. The van der Waals surface area contributed by atoms with E-state index in [4.69, 9.17) is 28.3 Å². The molecule has 0 radical (unpaired) electrons. The van der Waals surface area contributed by atoms with Gasteiger partial charge >= 0.3 is 0 Å². The van der Waals surface area contributed by atoms with Gasteiger partial charge in [0.1, 0.15) is 5.82 Å². The molecule has 35 heavy (non-hydrogen) atoms. The van der Waals surface area contributed by atoms with Crippen molar-refractivity contribution in [1.29, 1.82) is 0 Å². The lowest BCUT2D eigenvalue weighted by Gasteiger charge is -2.29. The Morgan fingerprint density at radius 3 is 2.57 bits per heavy atom. The van der Waals surface area contributed by atoms with Crippen LogP contribution >= 0.6 is 23.2 Å². The molecule has 2 aromatic carbocycles. The summed E-state index contributed by atoms with van der Waals surface area (Å²) >= 11 is 12.7. The number of rotatable bonds is 4. The summed E-state index contributed by atoms with van der Waals surface area (Å²) in [5, 5.41) is 17.3. The molecule has 0 bridgehead atoms. The van der Waals surface area contributed by atoms with Gasteiger partial charge in [0.2, 0.25) is 0 Å². The van der Waals surface area contributed by atoms with Crippen molar-refractivity contribution in [1.82, 2.24) is 20.2 Å². The third kappa shape index (κ3) is 5.14. The molecule has 0 unspecified atom stereocenters. The maximum absolute atomic E-state index is 13.5. The second kappa shape index (κ2) is 10.1. The molecular formula is C26H25Cl2FN4O2. The van der Waals surface area contributed by atoms with Gasteiger partial charge in [-0.3, -0.25) is 10.2 Å². The van der Waals surface area contributed by atoms with Gasteiger partial charge in [0, 0.05) is 23.7 Å². The minimum Gasteiger partial charge on any atom is -0.393 e. The number of benzene rings is 2. The van der Waals surface area contributed by atoms with Gasteiger partial charge in [-0.05, 0) is 79.6 Å².